The van der Waals surface area contributed by atoms with E-state index in [0.29, 0.717) is 46.2 Å². The van der Waals surface area contributed by atoms with Crippen LogP contribution in [0.1, 0.15) is 6.42 Å². The van der Waals surface area contributed by atoms with Gasteiger partial charge in [0.05, 0.1) is 18.0 Å². The van der Waals surface area contributed by atoms with Crippen molar-refractivity contribution in [3.05, 3.63) is 48.9 Å². The Balaban J connectivity index is 1.45. The predicted molar refractivity (Wildman–Crippen MR) is 133 cm³/mol. The number of hydrogen-bond donors (Lipinski definition) is 1. The van der Waals surface area contributed by atoms with Gasteiger partial charge in [0.2, 0.25) is 5.91 Å². The number of anilines is 1. The number of halogens is 2. The van der Waals surface area contributed by atoms with Crippen LogP contribution in [0.4, 0.5) is 14.6 Å². The number of benzene rings is 1. The minimum Gasteiger partial charge on any atom is -0.493 e. The largest absolute Gasteiger partial charge is 0.493 e. The van der Waals surface area contributed by atoms with Gasteiger partial charge in [-0.2, -0.15) is 5.10 Å². The number of nitrogens with zero attached hydrogens (tertiary/aromatic N) is 6. The fourth-order valence-electron chi connectivity index (χ4n) is 5.37. The summed E-state index contributed by atoms with van der Waals surface area (Å²) in [5.41, 5.74) is 2.70. The Hall–Kier alpha value is -3.99. The van der Waals surface area contributed by atoms with Gasteiger partial charge in [0.15, 0.2) is 11.6 Å². The smallest absolute Gasteiger partial charge is 0.257 e. The van der Waals surface area contributed by atoms with Crippen molar-refractivity contribution in [2.45, 2.75) is 19.4 Å². The fourth-order valence-corrected chi connectivity index (χ4v) is 5.37. The van der Waals surface area contributed by atoms with Crippen LogP contribution in [0.3, 0.4) is 0 Å². The summed E-state index contributed by atoms with van der Waals surface area (Å²) in [7, 11) is 3.52. The highest BCUT2D eigenvalue weighted by molar-refractivity contribution is 6.01. The second-order valence-corrected chi connectivity index (χ2v) is 9.71. The van der Waals surface area contributed by atoms with E-state index in [1.54, 1.807) is 12.3 Å². The number of fused-ring (bicyclic) bond motifs is 2. The van der Waals surface area contributed by atoms with Crippen molar-refractivity contribution in [3.63, 3.8) is 0 Å². The first-order chi connectivity index (χ1) is 17.9. The molecule has 0 spiro atoms. The first-order valence-electron chi connectivity index (χ1n) is 12.0. The molecule has 2 aliphatic rings. The van der Waals surface area contributed by atoms with Gasteiger partial charge in [0, 0.05) is 36.5 Å². The van der Waals surface area contributed by atoms with Crippen molar-refractivity contribution in [2.75, 3.05) is 32.6 Å². The standard InChI is InChI=1S/C26H25F2N7O2/c1-34-10-16-9-26(16,13-34)25(36)32-24-19(37-2)8-18-23(31-24)22(30-14-29-18)17-11-35(12-20(27)28)33-21(17)15-6-4-3-5-7-15/h3-8,11,14,16,20H,9-10,12-13H2,1-2H3,(H,31,32,36)/t16-,26-/m1/s1. The Morgan fingerprint density at radius 3 is 2.76 bits per heavy atom. The average molecular weight is 506 g/mol. The van der Waals surface area contributed by atoms with Gasteiger partial charge in [-0.1, -0.05) is 30.3 Å². The van der Waals surface area contributed by atoms with Crippen molar-refractivity contribution in [1.82, 2.24) is 29.6 Å². The van der Waals surface area contributed by atoms with Crippen LogP contribution in [0.25, 0.3) is 33.5 Å². The van der Waals surface area contributed by atoms with Gasteiger partial charge < -0.3 is 15.0 Å². The molecule has 190 valence electrons. The molecule has 2 fully saturated rings. The number of likely N-dealkylation sites (tertiary alicyclic amines) is 1. The highest BCUT2D eigenvalue weighted by atomic mass is 19.3. The van der Waals surface area contributed by atoms with Crippen molar-refractivity contribution >= 4 is 22.8 Å². The molecule has 0 bridgehead atoms. The molecule has 9 nitrogen and oxygen atoms in total. The van der Waals surface area contributed by atoms with Crippen LogP contribution in [-0.2, 0) is 11.3 Å². The summed E-state index contributed by atoms with van der Waals surface area (Å²) < 4.78 is 33.2. The van der Waals surface area contributed by atoms with Gasteiger partial charge in [-0.05, 0) is 19.4 Å². The van der Waals surface area contributed by atoms with Crippen molar-refractivity contribution in [1.29, 1.82) is 0 Å². The fraction of sp³-hybridized carbons (Fsp3) is 0.346. The second-order valence-electron chi connectivity index (χ2n) is 9.71. The zero-order chi connectivity index (χ0) is 25.7. The lowest BCUT2D eigenvalue weighted by Gasteiger charge is -2.17. The number of alkyl halides is 2. The Morgan fingerprint density at radius 2 is 2.05 bits per heavy atom. The molecule has 1 amide bonds. The number of aromatic nitrogens is 5. The summed E-state index contributed by atoms with van der Waals surface area (Å²) in [5, 5.41) is 7.41. The Kier molecular flexibility index (Phi) is 5.59. The molecule has 3 aromatic heterocycles. The maximum absolute atomic E-state index is 13.3. The third kappa shape index (κ3) is 4.08. The number of amides is 1. The maximum Gasteiger partial charge on any atom is 0.257 e. The van der Waals surface area contributed by atoms with E-state index in [2.05, 4.69) is 25.3 Å². The van der Waals surface area contributed by atoms with Gasteiger partial charge in [0.25, 0.3) is 6.43 Å². The minimum atomic E-state index is -2.57. The maximum atomic E-state index is 13.3. The van der Waals surface area contributed by atoms with Crippen LogP contribution in [0.15, 0.2) is 48.9 Å². The molecule has 1 saturated heterocycles. The molecule has 0 unspecified atom stereocenters. The molecule has 0 radical (unpaired) electrons. The first-order valence-corrected chi connectivity index (χ1v) is 12.0. The molecule has 4 aromatic rings. The van der Waals surface area contributed by atoms with Crippen LogP contribution in [0, 0.1) is 11.3 Å². The Labute approximate surface area is 211 Å². The van der Waals surface area contributed by atoms with Crippen molar-refractivity contribution < 1.29 is 18.3 Å². The molecule has 4 heterocycles. The molecule has 37 heavy (non-hydrogen) atoms. The Bertz CT molecular complexity index is 1490. The molecule has 1 aromatic carbocycles. The zero-order valence-corrected chi connectivity index (χ0v) is 20.4. The quantitative estimate of drug-likeness (QED) is 0.409. The number of piperidine rings is 1. The Morgan fingerprint density at radius 1 is 1.24 bits per heavy atom. The number of pyridine rings is 1. The number of nitrogens with one attached hydrogen (secondary N) is 1. The van der Waals surface area contributed by atoms with E-state index in [-0.39, 0.29) is 11.7 Å². The van der Waals surface area contributed by atoms with Crippen LogP contribution < -0.4 is 10.1 Å². The second kappa shape index (κ2) is 8.84. The normalized spacial score (nSPS) is 20.8. The van der Waals surface area contributed by atoms with E-state index in [1.165, 1.54) is 18.1 Å². The minimum absolute atomic E-state index is 0.0832. The number of hydrogen-bond acceptors (Lipinski definition) is 7. The zero-order valence-electron chi connectivity index (χ0n) is 20.4. The van der Waals surface area contributed by atoms with Crippen LogP contribution in [-0.4, -0.2) is 69.2 Å². The molecule has 1 aliphatic carbocycles. The van der Waals surface area contributed by atoms with Crippen molar-refractivity contribution in [2.24, 2.45) is 11.3 Å². The van der Waals surface area contributed by atoms with E-state index < -0.39 is 18.4 Å². The predicted octanol–water partition coefficient (Wildman–Crippen LogP) is 3.72. The molecule has 2 atom stereocenters. The van der Waals surface area contributed by atoms with Gasteiger partial charge in [0.1, 0.15) is 29.8 Å². The number of rotatable bonds is 7. The average Bonchev–Trinajstić information content (AvgIpc) is 3.24. The number of carbonyl (C=O) groups excluding carboxylic acids is 1. The van der Waals surface area contributed by atoms with Gasteiger partial charge in [-0.15, -0.1) is 0 Å². The molecule has 11 heteroatoms. The third-order valence-electron chi connectivity index (χ3n) is 7.18. The van der Waals surface area contributed by atoms with Gasteiger partial charge >= 0.3 is 0 Å². The summed E-state index contributed by atoms with van der Waals surface area (Å²) in [4.78, 5) is 29.0. The van der Waals surface area contributed by atoms with Crippen molar-refractivity contribution in [3.8, 4) is 28.3 Å². The monoisotopic (exact) mass is 505 g/mol. The van der Waals surface area contributed by atoms with E-state index in [4.69, 9.17) is 9.72 Å². The molecular formula is C26H25F2N7O2. The number of ether oxygens (including phenoxy) is 1. The number of carbonyl (C=O) groups is 1. The molecule has 6 rings (SSSR count). The lowest BCUT2D eigenvalue weighted by atomic mass is 10.0. The summed E-state index contributed by atoms with van der Waals surface area (Å²) >= 11 is 0. The number of methoxy groups -OCH3 is 1. The molecule has 1 N–H and O–H groups in total. The van der Waals surface area contributed by atoms with Crippen LogP contribution in [0.2, 0.25) is 0 Å². The third-order valence-corrected chi connectivity index (χ3v) is 7.18. The molecule has 1 saturated carbocycles. The lowest BCUT2D eigenvalue weighted by molar-refractivity contribution is -0.121. The van der Waals surface area contributed by atoms with E-state index in [0.717, 1.165) is 18.5 Å². The van der Waals surface area contributed by atoms with Gasteiger partial charge in [-0.25, -0.2) is 23.7 Å². The van der Waals surface area contributed by atoms with E-state index in [1.807, 2.05) is 37.4 Å². The molecular weight excluding hydrogens is 480 g/mol. The SMILES string of the molecule is COc1cc2ncnc(-c3cn(CC(F)F)nc3-c3ccccc3)c2nc1NC(=O)[C@@]12C[C@@H]1CN(C)C2. The highest BCUT2D eigenvalue weighted by Gasteiger charge is 2.64. The van der Waals surface area contributed by atoms with E-state index >= 15 is 0 Å². The lowest BCUT2D eigenvalue weighted by Crippen LogP contribution is -2.31. The van der Waals surface area contributed by atoms with Crippen LogP contribution >= 0.6 is 0 Å². The summed E-state index contributed by atoms with van der Waals surface area (Å²) in [6, 6.07) is 11.0. The highest BCUT2D eigenvalue weighted by Crippen LogP contribution is 2.58. The molecule has 1 aliphatic heterocycles. The van der Waals surface area contributed by atoms with Crippen LogP contribution in [0.5, 0.6) is 5.75 Å². The van der Waals surface area contributed by atoms with Gasteiger partial charge in [-0.3, -0.25) is 9.48 Å². The first kappa shape index (κ1) is 23.4. The van der Waals surface area contributed by atoms with E-state index in [9.17, 15) is 13.6 Å². The summed E-state index contributed by atoms with van der Waals surface area (Å²) in [6.45, 7) is 1.05. The summed E-state index contributed by atoms with van der Waals surface area (Å²) in [5.74, 6) is 0.908. The topological polar surface area (TPSA) is 98.1 Å². The summed E-state index contributed by atoms with van der Waals surface area (Å²) in [6.07, 6.45) is 1.22.